The zero-order chi connectivity index (χ0) is 14.1. The summed E-state index contributed by atoms with van der Waals surface area (Å²) in [5.41, 5.74) is 3.73. The van der Waals surface area contributed by atoms with Crippen LogP contribution >= 0.6 is 0 Å². The molecule has 0 aliphatic carbocycles. The average molecular weight is 271 g/mol. The largest absolute Gasteiger partial charge is 0.325 e. The van der Waals surface area contributed by atoms with E-state index in [2.05, 4.69) is 48.9 Å². The molecule has 1 N–H and O–H groups in total. The van der Waals surface area contributed by atoms with Crippen LogP contribution in [0.5, 0.6) is 0 Å². The predicted molar refractivity (Wildman–Crippen MR) is 84.2 cm³/mol. The molecule has 0 bridgehead atoms. The molecule has 1 aromatic carbocycles. The van der Waals surface area contributed by atoms with Crippen LogP contribution in [0, 0.1) is 12.8 Å². The number of aromatic nitrogens is 2. The lowest BCUT2D eigenvalue weighted by molar-refractivity contribution is 0.361. The Bertz CT molecular complexity index is 592. The van der Waals surface area contributed by atoms with Crippen molar-refractivity contribution in [1.82, 2.24) is 14.9 Å². The van der Waals surface area contributed by atoms with Crippen LogP contribution in [0.25, 0.3) is 11.0 Å². The van der Waals surface area contributed by atoms with Crippen molar-refractivity contribution >= 4 is 11.0 Å². The summed E-state index contributed by atoms with van der Waals surface area (Å²) in [7, 11) is 0. The van der Waals surface area contributed by atoms with Crippen molar-refractivity contribution in [3.05, 3.63) is 29.6 Å². The van der Waals surface area contributed by atoms with E-state index < -0.39 is 0 Å². The Morgan fingerprint density at radius 3 is 2.75 bits per heavy atom. The standard InChI is InChI=1S/C17H25N3/c1-12(2)20-16-5-4-13(3)10-15(16)19-17(20)11-14-6-8-18-9-7-14/h4-5,10,12,14,18H,6-9,11H2,1-3H3. The molecule has 3 nitrogen and oxygen atoms in total. The zero-order valence-electron chi connectivity index (χ0n) is 12.8. The highest BCUT2D eigenvalue weighted by Gasteiger charge is 2.19. The van der Waals surface area contributed by atoms with Crippen LogP contribution in [-0.2, 0) is 6.42 Å². The maximum atomic E-state index is 4.93. The maximum Gasteiger partial charge on any atom is 0.110 e. The van der Waals surface area contributed by atoms with E-state index in [1.807, 2.05) is 0 Å². The zero-order valence-corrected chi connectivity index (χ0v) is 12.8. The molecular weight excluding hydrogens is 246 g/mol. The van der Waals surface area contributed by atoms with Gasteiger partial charge in [-0.25, -0.2) is 4.98 Å². The number of aryl methyl sites for hydroxylation is 1. The highest BCUT2D eigenvalue weighted by molar-refractivity contribution is 5.77. The number of nitrogens with zero attached hydrogens (tertiary/aromatic N) is 2. The number of fused-ring (bicyclic) bond motifs is 1. The van der Waals surface area contributed by atoms with Crippen molar-refractivity contribution in [2.75, 3.05) is 13.1 Å². The molecule has 2 aromatic rings. The van der Waals surface area contributed by atoms with Gasteiger partial charge in [-0.05, 0) is 70.3 Å². The van der Waals surface area contributed by atoms with Gasteiger partial charge in [0.15, 0.2) is 0 Å². The highest BCUT2D eigenvalue weighted by Crippen LogP contribution is 2.25. The van der Waals surface area contributed by atoms with Crippen LogP contribution in [-0.4, -0.2) is 22.6 Å². The summed E-state index contributed by atoms with van der Waals surface area (Å²) in [6.45, 7) is 8.97. The third kappa shape index (κ3) is 2.59. The Balaban J connectivity index is 1.97. The van der Waals surface area contributed by atoms with Crippen LogP contribution in [0.4, 0.5) is 0 Å². The van der Waals surface area contributed by atoms with Gasteiger partial charge in [0, 0.05) is 12.5 Å². The lowest BCUT2D eigenvalue weighted by atomic mass is 9.94. The van der Waals surface area contributed by atoms with E-state index in [4.69, 9.17) is 4.98 Å². The van der Waals surface area contributed by atoms with Crippen molar-refractivity contribution in [3.63, 3.8) is 0 Å². The predicted octanol–water partition coefficient (Wildman–Crippen LogP) is 3.47. The lowest BCUT2D eigenvalue weighted by Crippen LogP contribution is -2.29. The molecular formula is C17H25N3. The average Bonchev–Trinajstić information content (AvgIpc) is 2.76. The van der Waals surface area contributed by atoms with Crippen molar-refractivity contribution < 1.29 is 0 Å². The van der Waals surface area contributed by atoms with E-state index in [-0.39, 0.29) is 0 Å². The molecule has 3 heteroatoms. The van der Waals surface area contributed by atoms with Gasteiger partial charge in [-0.15, -0.1) is 0 Å². The monoisotopic (exact) mass is 271 g/mol. The summed E-state index contributed by atoms with van der Waals surface area (Å²) in [5, 5.41) is 3.44. The Hall–Kier alpha value is -1.35. The van der Waals surface area contributed by atoms with E-state index >= 15 is 0 Å². The number of imidazole rings is 1. The summed E-state index contributed by atoms with van der Waals surface area (Å²) >= 11 is 0. The smallest absolute Gasteiger partial charge is 0.110 e. The molecule has 3 rings (SSSR count). The Labute approximate surface area is 121 Å². The number of rotatable bonds is 3. The number of piperidine rings is 1. The van der Waals surface area contributed by atoms with Gasteiger partial charge in [-0.1, -0.05) is 6.07 Å². The topological polar surface area (TPSA) is 29.9 Å². The number of hydrogen-bond donors (Lipinski definition) is 1. The fourth-order valence-electron chi connectivity index (χ4n) is 3.32. The molecule has 0 saturated carbocycles. The molecule has 20 heavy (non-hydrogen) atoms. The van der Waals surface area contributed by atoms with Crippen molar-refractivity contribution in [3.8, 4) is 0 Å². The number of hydrogen-bond acceptors (Lipinski definition) is 2. The molecule has 1 aliphatic heterocycles. The summed E-state index contributed by atoms with van der Waals surface area (Å²) < 4.78 is 2.43. The fraction of sp³-hybridized carbons (Fsp3) is 0.588. The van der Waals surface area contributed by atoms with E-state index in [9.17, 15) is 0 Å². The fourth-order valence-corrected chi connectivity index (χ4v) is 3.32. The lowest BCUT2D eigenvalue weighted by Gasteiger charge is -2.23. The first-order valence-electron chi connectivity index (χ1n) is 7.83. The molecule has 0 amide bonds. The molecule has 1 fully saturated rings. The van der Waals surface area contributed by atoms with Gasteiger partial charge in [-0.3, -0.25) is 0 Å². The van der Waals surface area contributed by atoms with E-state index in [1.54, 1.807) is 0 Å². The summed E-state index contributed by atoms with van der Waals surface area (Å²) in [6, 6.07) is 7.10. The van der Waals surface area contributed by atoms with Crippen LogP contribution in [0.1, 0.15) is 44.1 Å². The molecule has 0 unspecified atom stereocenters. The van der Waals surface area contributed by atoms with Crippen LogP contribution in [0.15, 0.2) is 18.2 Å². The highest BCUT2D eigenvalue weighted by atomic mass is 15.1. The minimum atomic E-state index is 0.472. The molecule has 1 aromatic heterocycles. The molecule has 1 saturated heterocycles. The molecule has 0 radical (unpaired) electrons. The maximum absolute atomic E-state index is 4.93. The second-order valence-corrected chi connectivity index (χ2v) is 6.38. The first-order valence-corrected chi connectivity index (χ1v) is 7.83. The van der Waals surface area contributed by atoms with Crippen molar-refractivity contribution in [2.45, 2.75) is 46.1 Å². The molecule has 1 aliphatic rings. The summed E-state index contributed by atoms with van der Waals surface area (Å²) in [6.07, 6.45) is 3.67. The third-order valence-corrected chi connectivity index (χ3v) is 4.36. The van der Waals surface area contributed by atoms with Gasteiger partial charge < -0.3 is 9.88 Å². The van der Waals surface area contributed by atoms with Gasteiger partial charge in [-0.2, -0.15) is 0 Å². The number of nitrogens with one attached hydrogen (secondary N) is 1. The molecule has 0 atom stereocenters. The Morgan fingerprint density at radius 2 is 2.05 bits per heavy atom. The van der Waals surface area contributed by atoms with Crippen molar-refractivity contribution in [2.24, 2.45) is 5.92 Å². The van der Waals surface area contributed by atoms with Crippen LogP contribution in [0.2, 0.25) is 0 Å². The van der Waals surface area contributed by atoms with Gasteiger partial charge in [0.05, 0.1) is 11.0 Å². The van der Waals surface area contributed by atoms with Crippen LogP contribution < -0.4 is 5.32 Å². The quantitative estimate of drug-likeness (QED) is 0.926. The summed E-state index contributed by atoms with van der Waals surface area (Å²) in [5.74, 6) is 2.05. The third-order valence-electron chi connectivity index (χ3n) is 4.36. The van der Waals surface area contributed by atoms with E-state index in [1.165, 1.54) is 29.7 Å². The molecule has 2 heterocycles. The minimum absolute atomic E-state index is 0.472. The second-order valence-electron chi connectivity index (χ2n) is 6.38. The SMILES string of the molecule is Cc1ccc2c(c1)nc(CC1CCNCC1)n2C(C)C. The Morgan fingerprint density at radius 1 is 1.30 bits per heavy atom. The van der Waals surface area contributed by atoms with Gasteiger partial charge in [0.25, 0.3) is 0 Å². The Kier molecular flexibility index (Phi) is 3.79. The first kappa shape index (κ1) is 13.6. The van der Waals surface area contributed by atoms with Crippen LogP contribution in [0.3, 0.4) is 0 Å². The van der Waals surface area contributed by atoms with Gasteiger partial charge >= 0.3 is 0 Å². The van der Waals surface area contributed by atoms with Gasteiger partial charge in [0.2, 0.25) is 0 Å². The second kappa shape index (κ2) is 5.57. The minimum Gasteiger partial charge on any atom is -0.325 e. The molecule has 0 spiro atoms. The normalized spacial score (nSPS) is 17.2. The molecule has 108 valence electrons. The van der Waals surface area contributed by atoms with Gasteiger partial charge in [0.1, 0.15) is 5.82 Å². The number of benzene rings is 1. The van der Waals surface area contributed by atoms with Crippen molar-refractivity contribution in [1.29, 1.82) is 0 Å². The van der Waals surface area contributed by atoms with E-state index in [0.29, 0.717) is 6.04 Å². The first-order chi connectivity index (χ1) is 9.65. The summed E-state index contributed by atoms with van der Waals surface area (Å²) in [4.78, 5) is 4.93. The van der Waals surface area contributed by atoms with E-state index in [0.717, 1.165) is 30.9 Å².